The maximum Gasteiger partial charge on any atom is 0.262 e. The van der Waals surface area contributed by atoms with Gasteiger partial charge in [0.2, 0.25) is 0 Å². The van der Waals surface area contributed by atoms with Crippen LogP contribution in [0.25, 0.3) is 0 Å². The topological polar surface area (TPSA) is 76.8 Å². The quantitative estimate of drug-likeness (QED) is 0.755. The largest absolute Gasteiger partial charge is 0.482 e. The Morgan fingerprint density at radius 2 is 2.20 bits per heavy atom. The SMILES string of the molecule is CC1(C)COCCN1c1cc2c(cc1N)OCC(=O)N2. The smallest absolute Gasteiger partial charge is 0.262 e. The van der Waals surface area contributed by atoms with Gasteiger partial charge in [-0.15, -0.1) is 0 Å². The van der Waals surface area contributed by atoms with Gasteiger partial charge in [-0.1, -0.05) is 0 Å². The fourth-order valence-electron chi connectivity index (χ4n) is 2.67. The van der Waals surface area contributed by atoms with Gasteiger partial charge in [-0.05, 0) is 19.9 Å². The normalized spacial score (nSPS) is 20.9. The maximum atomic E-state index is 11.4. The zero-order chi connectivity index (χ0) is 14.3. The van der Waals surface area contributed by atoms with Crippen LogP contribution in [-0.4, -0.2) is 37.8 Å². The van der Waals surface area contributed by atoms with E-state index < -0.39 is 0 Å². The number of hydrogen-bond donors (Lipinski definition) is 2. The van der Waals surface area contributed by atoms with E-state index in [4.69, 9.17) is 15.2 Å². The average Bonchev–Trinajstić information content (AvgIpc) is 2.38. The van der Waals surface area contributed by atoms with Crippen molar-refractivity contribution < 1.29 is 14.3 Å². The van der Waals surface area contributed by atoms with E-state index in [2.05, 4.69) is 24.1 Å². The van der Waals surface area contributed by atoms with E-state index in [9.17, 15) is 4.79 Å². The van der Waals surface area contributed by atoms with Gasteiger partial charge in [0, 0.05) is 12.6 Å². The second kappa shape index (κ2) is 4.56. The van der Waals surface area contributed by atoms with Gasteiger partial charge in [0.1, 0.15) is 5.75 Å². The highest BCUT2D eigenvalue weighted by molar-refractivity contribution is 5.97. The van der Waals surface area contributed by atoms with Crippen LogP contribution in [-0.2, 0) is 9.53 Å². The molecule has 0 bridgehead atoms. The molecule has 1 aromatic carbocycles. The number of anilines is 3. The minimum Gasteiger partial charge on any atom is -0.482 e. The number of rotatable bonds is 1. The molecule has 3 N–H and O–H groups in total. The monoisotopic (exact) mass is 277 g/mol. The van der Waals surface area contributed by atoms with E-state index in [0.29, 0.717) is 30.3 Å². The summed E-state index contributed by atoms with van der Waals surface area (Å²) in [4.78, 5) is 13.6. The first-order chi connectivity index (χ1) is 9.47. The summed E-state index contributed by atoms with van der Waals surface area (Å²) in [6.45, 7) is 6.34. The Bertz CT molecular complexity index is 557. The van der Waals surface area contributed by atoms with Crippen molar-refractivity contribution in [2.24, 2.45) is 0 Å². The molecule has 0 atom stereocenters. The maximum absolute atomic E-state index is 11.4. The van der Waals surface area contributed by atoms with E-state index in [1.165, 1.54) is 0 Å². The number of amides is 1. The molecule has 20 heavy (non-hydrogen) atoms. The minimum absolute atomic E-state index is 0.0365. The first-order valence-corrected chi connectivity index (χ1v) is 6.69. The summed E-state index contributed by atoms with van der Waals surface area (Å²) in [5, 5.41) is 2.82. The average molecular weight is 277 g/mol. The third-order valence-electron chi connectivity index (χ3n) is 3.70. The highest BCUT2D eigenvalue weighted by Gasteiger charge is 2.32. The Labute approximate surface area is 117 Å². The van der Waals surface area contributed by atoms with Gasteiger partial charge in [-0.25, -0.2) is 0 Å². The van der Waals surface area contributed by atoms with Crippen LogP contribution < -0.4 is 20.7 Å². The van der Waals surface area contributed by atoms with Gasteiger partial charge in [-0.3, -0.25) is 4.79 Å². The van der Waals surface area contributed by atoms with Crippen LogP contribution in [0.1, 0.15) is 13.8 Å². The van der Waals surface area contributed by atoms with Crippen LogP contribution in [0.4, 0.5) is 17.1 Å². The van der Waals surface area contributed by atoms with E-state index in [0.717, 1.165) is 12.2 Å². The van der Waals surface area contributed by atoms with Crippen molar-refractivity contribution in [3.63, 3.8) is 0 Å². The van der Waals surface area contributed by atoms with Crippen molar-refractivity contribution in [1.29, 1.82) is 0 Å². The summed E-state index contributed by atoms with van der Waals surface area (Å²) in [5.74, 6) is 0.478. The number of nitrogen functional groups attached to an aromatic ring is 1. The summed E-state index contributed by atoms with van der Waals surface area (Å²) in [6, 6.07) is 3.66. The lowest BCUT2D eigenvalue weighted by Crippen LogP contribution is -2.53. The lowest BCUT2D eigenvalue weighted by Gasteiger charge is -2.44. The predicted octanol–water partition coefficient (Wildman–Crippen LogP) is 1.21. The molecule has 0 spiro atoms. The number of morpholine rings is 1. The Balaban J connectivity index is 2.01. The summed E-state index contributed by atoms with van der Waals surface area (Å²) >= 11 is 0. The molecule has 2 heterocycles. The summed E-state index contributed by atoms with van der Waals surface area (Å²) in [5.41, 5.74) is 8.24. The third-order valence-corrected chi connectivity index (χ3v) is 3.70. The molecule has 0 radical (unpaired) electrons. The summed E-state index contributed by atoms with van der Waals surface area (Å²) < 4.78 is 10.9. The molecule has 0 saturated carbocycles. The zero-order valence-corrected chi connectivity index (χ0v) is 11.7. The van der Waals surface area contributed by atoms with Crippen LogP contribution in [0.5, 0.6) is 5.75 Å². The van der Waals surface area contributed by atoms with E-state index in [-0.39, 0.29) is 18.1 Å². The first kappa shape index (κ1) is 13.1. The Kier molecular flexibility index (Phi) is 2.97. The van der Waals surface area contributed by atoms with Gasteiger partial charge in [0.25, 0.3) is 5.91 Å². The number of fused-ring (bicyclic) bond motifs is 1. The predicted molar refractivity (Wildman–Crippen MR) is 77.2 cm³/mol. The van der Waals surface area contributed by atoms with Gasteiger partial charge in [0.05, 0.1) is 35.8 Å². The second-order valence-electron chi connectivity index (χ2n) is 5.76. The molecule has 2 aliphatic rings. The van der Waals surface area contributed by atoms with Crippen molar-refractivity contribution in [3.8, 4) is 5.75 Å². The Morgan fingerprint density at radius 1 is 1.40 bits per heavy atom. The Hall–Kier alpha value is -1.95. The van der Waals surface area contributed by atoms with E-state index in [1.807, 2.05) is 6.07 Å². The van der Waals surface area contributed by atoms with Gasteiger partial charge >= 0.3 is 0 Å². The molecule has 6 nitrogen and oxygen atoms in total. The molecule has 1 amide bonds. The molecule has 1 saturated heterocycles. The second-order valence-corrected chi connectivity index (χ2v) is 5.76. The molecule has 2 aliphatic heterocycles. The van der Waals surface area contributed by atoms with Crippen LogP contribution in [0.2, 0.25) is 0 Å². The number of carbonyl (C=O) groups excluding carboxylic acids is 1. The summed E-state index contributed by atoms with van der Waals surface area (Å²) in [6.07, 6.45) is 0. The lowest BCUT2D eigenvalue weighted by molar-refractivity contribution is -0.118. The van der Waals surface area contributed by atoms with Crippen LogP contribution >= 0.6 is 0 Å². The zero-order valence-electron chi connectivity index (χ0n) is 11.7. The van der Waals surface area contributed by atoms with Crippen LogP contribution in [0.15, 0.2) is 12.1 Å². The fraction of sp³-hybridized carbons (Fsp3) is 0.500. The molecule has 108 valence electrons. The molecule has 6 heteroatoms. The van der Waals surface area contributed by atoms with Crippen LogP contribution in [0.3, 0.4) is 0 Å². The number of ether oxygens (including phenoxy) is 2. The number of nitrogens with one attached hydrogen (secondary N) is 1. The highest BCUT2D eigenvalue weighted by Crippen LogP contribution is 2.39. The van der Waals surface area contributed by atoms with Crippen molar-refractivity contribution in [2.75, 3.05) is 42.3 Å². The van der Waals surface area contributed by atoms with Crippen molar-refractivity contribution in [2.45, 2.75) is 19.4 Å². The highest BCUT2D eigenvalue weighted by atomic mass is 16.5. The van der Waals surface area contributed by atoms with Crippen molar-refractivity contribution in [1.82, 2.24) is 0 Å². The number of nitrogens with two attached hydrogens (primary N) is 1. The molecule has 1 aromatic rings. The van der Waals surface area contributed by atoms with Crippen molar-refractivity contribution >= 4 is 23.0 Å². The molecule has 0 unspecified atom stereocenters. The van der Waals surface area contributed by atoms with E-state index >= 15 is 0 Å². The standard InChI is InChI=1S/C14H19N3O3/c1-14(2)8-19-4-3-17(14)11-6-10-12(5-9(11)15)20-7-13(18)16-10/h5-6H,3-4,7-8,15H2,1-2H3,(H,16,18). The molecular weight excluding hydrogens is 258 g/mol. The van der Waals surface area contributed by atoms with Crippen LogP contribution in [0, 0.1) is 0 Å². The molecular formula is C14H19N3O3. The number of nitrogens with zero attached hydrogens (tertiary/aromatic N) is 1. The third kappa shape index (κ3) is 2.16. The molecule has 0 aromatic heterocycles. The van der Waals surface area contributed by atoms with Gasteiger partial charge < -0.3 is 25.4 Å². The van der Waals surface area contributed by atoms with Gasteiger partial charge in [0.15, 0.2) is 6.61 Å². The first-order valence-electron chi connectivity index (χ1n) is 6.69. The molecule has 3 rings (SSSR count). The van der Waals surface area contributed by atoms with E-state index in [1.54, 1.807) is 6.07 Å². The lowest BCUT2D eigenvalue weighted by atomic mass is 10.0. The fourth-order valence-corrected chi connectivity index (χ4v) is 2.67. The molecule has 1 fully saturated rings. The minimum atomic E-state index is -0.144. The number of benzene rings is 1. The summed E-state index contributed by atoms with van der Waals surface area (Å²) in [7, 11) is 0. The number of hydrogen-bond acceptors (Lipinski definition) is 5. The van der Waals surface area contributed by atoms with Gasteiger partial charge in [-0.2, -0.15) is 0 Å². The number of carbonyl (C=O) groups is 1. The Morgan fingerprint density at radius 3 is 2.95 bits per heavy atom. The van der Waals surface area contributed by atoms with Crippen molar-refractivity contribution in [3.05, 3.63) is 12.1 Å². The molecule has 0 aliphatic carbocycles.